The minimum atomic E-state index is -0.296. The molecule has 100 valence electrons. The van der Waals surface area contributed by atoms with Crippen LogP contribution in [-0.2, 0) is 9.53 Å². The zero-order valence-electron chi connectivity index (χ0n) is 11.1. The number of carbonyl (C=O) groups excluding carboxylic acids is 1. The highest BCUT2D eigenvalue weighted by Crippen LogP contribution is 2.35. The molecule has 0 bridgehead atoms. The van der Waals surface area contributed by atoms with E-state index in [2.05, 4.69) is 15.2 Å². The summed E-state index contributed by atoms with van der Waals surface area (Å²) in [6, 6.07) is 0. The van der Waals surface area contributed by atoms with Crippen LogP contribution in [0.25, 0.3) is 0 Å². The molecule has 0 amide bonds. The first-order chi connectivity index (χ1) is 8.72. The summed E-state index contributed by atoms with van der Waals surface area (Å²) in [6.07, 6.45) is 5.77. The van der Waals surface area contributed by atoms with Crippen molar-refractivity contribution in [2.45, 2.75) is 51.9 Å². The van der Waals surface area contributed by atoms with E-state index in [1.165, 1.54) is 19.3 Å². The Labute approximate surface area is 107 Å². The molecule has 0 aliphatic heterocycles. The lowest BCUT2D eigenvalue weighted by molar-refractivity contribution is -0.147. The lowest BCUT2D eigenvalue weighted by Gasteiger charge is -2.26. The first-order valence-electron chi connectivity index (χ1n) is 6.78. The summed E-state index contributed by atoms with van der Waals surface area (Å²) < 4.78 is 5.19. The van der Waals surface area contributed by atoms with Gasteiger partial charge >= 0.3 is 5.97 Å². The number of carbonyl (C=O) groups is 1. The van der Waals surface area contributed by atoms with Gasteiger partial charge in [0, 0.05) is 0 Å². The van der Waals surface area contributed by atoms with Crippen molar-refractivity contribution in [1.29, 1.82) is 0 Å². The zero-order valence-corrected chi connectivity index (χ0v) is 11.1. The Balaban J connectivity index is 2.18. The largest absolute Gasteiger partial charge is 0.465 e. The molecule has 1 saturated carbocycles. The van der Waals surface area contributed by atoms with E-state index in [4.69, 9.17) is 4.74 Å². The summed E-state index contributed by atoms with van der Waals surface area (Å²) in [4.78, 5) is 16.5. The van der Waals surface area contributed by atoms with Crippen LogP contribution in [0.3, 0.4) is 0 Å². The van der Waals surface area contributed by atoms with Gasteiger partial charge in [-0.2, -0.15) is 5.10 Å². The molecule has 1 atom stereocenters. The van der Waals surface area contributed by atoms with E-state index >= 15 is 0 Å². The summed E-state index contributed by atoms with van der Waals surface area (Å²) >= 11 is 0. The number of ether oxygens (including phenoxy) is 1. The van der Waals surface area contributed by atoms with Crippen molar-refractivity contribution in [2.24, 2.45) is 5.92 Å². The van der Waals surface area contributed by atoms with Gasteiger partial charge in [0.1, 0.15) is 11.7 Å². The van der Waals surface area contributed by atoms with Gasteiger partial charge in [0.2, 0.25) is 0 Å². The number of rotatable bonds is 4. The van der Waals surface area contributed by atoms with Crippen molar-refractivity contribution < 1.29 is 9.53 Å². The van der Waals surface area contributed by atoms with Crippen LogP contribution in [0.1, 0.15) is 56.6 Å². The Morgan fingerprint density at radius 3 is 2.72 bits per heavy atom. The molecule has 0 radical (unpaired) electrons. The summed E-state index contributed by atoms with van der Waals surface area (Å²) in [5.41, 5.74) is 0. The number of esters is 1. The molecule has 0 saturated heterocycles. The summed E-state index contributed by atoms with van der Waals surface area (Å²) in [6.45, 7) is 4.09. The molecule has 1 unspecified atom stereocenters. The Kier molecular flexibility index (Phi) is 4.33. The highest BCUT2D eigenvalue weighted by molar-refractivity contribution is 5.77. The first-order valence-corrected chi connectivity index (χ1v) is 6.78. The van der Waals surface area contributed by atoms with Gasteiger partial charge in [-0.15, -0.1) is 0 Å². The Hall–Kier alpha value is -1.39. The first kappa shape index (κ1) is 13.1. The lowest BCUT2D eigenvalue weighted by Crippen LogP contribution is -2.26. The number of hydrogen-bond donors (Lipinski definition) is 1. The van der Waals surface area contributed by atoms with E-state index < -0.39 is 0 Å². The van der Waals surface area contributed by atoms with E-state index in [1.54, 1.807) is 0 Å². The molecule has 0 spiro atoms. The number of nitrogens with zero attached hydrogens (tertiary/aromatic N) is 2. The van der Waals surface area contributed by atoms with E-state index in [0.717, 1.165) is 18.7 Å². The van der Waals surface area contributed by atoms with Gasteiger partial charge in [-0.3, -0.25) is 9.89 Å². The second-order valence-corrected chi connectivity index (χ2v) is 4.91. The van der Waals surface area contributed by atoms with Gasteiger partial charge < -0.3 is 4.74 Å². The average molecular weight is 251 g/mol. The van der Waals surface area contributed by atoms with Crippen LogP contribution in [0.5, 0.6) is 0 Å². The summed E-state index contributed by atoms with van der Waals surface area (Å²) in [7, 11) is 0. The maximum Gasteiger partial charge on any atom is 0.317 e. The SMILES string of the molecule is CCOC(=O)C(c1n[nH]c(C)n1)C1CCCCC1. The van der Waals surface area contributed by atoms with E-state index in [9.17, 15) is 4.79 Å². The second-order valence-electron chi connectivity index (χ2n) is 4.91. The molecular weight excluding hydrogens is 230 g/mol. The third-order valence-corrected chi connectivity index (χ3v) is 3.55. The van der Waals surface area contributed by atoms with Crippen LogP contribution < -0.4 is 0 Å². The van der Waals surface area contributed by atoms with Crippen LogP contribution in [0.15, 0.2) is 0 Å². The monoisotopic (exact) mass is 251 g/mol. The number of aryl methyl sites for hydroxylation is 1. The predicted molar refractivity (Wildman–Crippen MR) is 67.1 cm³/mol. The van der Waals surface area contributed by atoms with Crippen LogP contribution in [0, 0.1) is 12.8 Å². The maximum absolute atomic E-state index is 12.1. The van der Waals surface area contributed by atoms with Crippen molar-refractivity contribution in [1.82, 2.24) is 15.2 Å². The Bertz CT molecular complexity index is 397. The van der Waals surface area contributed by atoms with E-state index in [0.29, 0.717) is 18.3 Å². The molecule has 1 aromatic heterocycles. The van der Waals surface area contributed by atoms with Crippen molar-refractivity contribution in [2.75, 3.05) is 6.61 Å². The standard InChI is InChI=1S/C13H21N3O2/c1-3-18-13(17)11(10-7-5-4-6-8-10)12-14-9(2)15-16-12/h10-11H,3-8H2,1-2H3,(H,14,15,16). The normalized spacial score (nSPS) is 18.6. The highest BCUT2D eigenvalue weighted by Gasteiger charge is 2.34. The minimum absolute atomic E-state index is 0.177. The van der Waals surface area contributed by atoms with E-state index in [1.807, 2.05) is 13.8 Å². The van der Waals surface area contributed by atoms with Crippen LogP contribution in [0.2, 0.25) is 0 Å². The van der Waals surface area contributed by atoms with Gasteiger partial charge in [0.05, 0.1) is 6.61 Å². The number of hydrogen-bond acceptors (Lipinski definition) is 4. The third-order valence-electron chi connectivity index (χ3n) is 3.55. The van der Waals surface area contributed by atoms with Crippen LogP contribution in [0.4, 0.5) is 0 Å². The molecule has 2 rings (SSSR count). The molecular formula is C13H21N3O2. The average Bonchev–Trinajstić information content (AvgIpc) is 2.78. The fraction of sp³-hybridized carbons (Fsp3) is 0.769. The van der Waals surface area contributed by atoms with Gasteiger partial charge in [-0.05, 0) is 32.6 Å². The van der Waals surface area contributed by atoms with Crippen LogP contribution >= 0.6 is 0 Å². The van der Waals surface area contributed by atoms with Gasteiger partial charge in [-0.25, -0.2) is 4.98 Å². The minimum Gasteiger partial charge on any atom is -0.465 e. The van der Waals surface area contributed by atoms with Crippen molar-refractivity contribution in [3.05, 3.63) is 11.6 Å². The van der Waals surface area contributed by atoms with Crippen LogP contribution in [-0.4, -0.2) is 27.8 Å². The highest BCUT2D eigenvalue weighted by atomic mass is 16.5. The lowest BCUT2D eigenvalue weighted by atomic mass is 9.79. The number of nitrogens with one attached hydrogen (secondary N) is 1. The van der Waals surface area contributed by atoms with E-state index in [-0.39, 0.29) is 11.9 Å². The van der Waals surface area contributed by atoms with Gasteiger partial charge in [-0.1, -0.05) is 19.3 Å². The van der Waals surface area contributed by atoms with Gasteiger partial charge in [0.25, 0.3) is 0 Å². The Morgan fingerprint density at radius 1 is 1.44 bits per heavy atom. The molecule has 0 aromatic carbocycles. The third kappa shape index (κ3) is 2.89. The molecule has 5 nitrogen and oxygen atoms in total. The van der Waals surface area contributed by atoms with Crippen molar-refractivity contribution >= 4 is 5.97 Å². The number of H-pyrrole nitrogens is 1. The molecule has 1 fully saturated rings. The molecule has 5 heteroatoms. The van der Waals surface area contributed by atoms with Gasteiger partial charge in [0.15, 0.2) is 5.82 Å². The van der Waals surface area contributed by atoms with Crippen molar-refractivity contribution in [3.63, 3.8) is 0 Å². The zero-order chi connectivity index (χ0) is 13.0. The molecule has 1 aliphatic rings. The smallest absolute Gasteiger partial charge is 0.317 e. The number of aromatic amines is 1. The fourth-order valence-electron chi connectivity index (χ4n) is 2.71. The predicted octanol–water partition coefficient (Wildman–Crippen LogP) is 2.34. The second kappa shape index (κ2) is 5.98. The van der Waals surface area contributed by atoms with Crippen molar-refractivity contribution in [3.8, 4) is 0 Å². The summed E-state index contributed by atoms with van der Waals surface area (Å²) in [5.74, 6) is 1.19. The topological polar surface area (TPSA) is 67.9 Å². The maximum atomic E-state index is 12.1. The Morgan fingerprint density at radius 2 is 2.17 bits per heavy atom. The summed E-state index contributed by atoms with van der Waals surface area (Å²) in [5, 5.41) is 6.97. The molecule has 1 heterocycles. The number of aromatic nitrogens is 3. The molecule has 18 heavy (non-hydrogen) atoms. The molecule has 1 aliphatic carbocycles. The fourth-order valence-corrected chi connectivity index (χ4v) is 2.71. The molecule has 1 aromatic rings. The quantitative estimate of drug-likeness (QED) is 0.834. The molecule has 1 N–H and O–H groups in total.